The van der Waals surface area contributed by atoms with E-state index in [-0.39, 0.29) is 11.3 Å². The number of rotatable bonds is 3. The van der Waals surface area contributed by atoms with E-state index in [0.717, 1.165) is 9.40 Å². The normalized spacial score (nSPS) is 13.5. The van der Waals surface area contributed by atoms with Gasteiger partial charge in [-0.05, 0) is 23.6 Å². The molecule has 1 N–H and O–H groups in total. The molecule has 0 radical (unpaired) electrons. The van der Waals surface area contributed by atoms with Gasteiger partial charge in [0.25, 0.3) is 0 Å². The second-order valence-corrected chi connectivity index (χ2v) is 6.35. The Kier molecular flexibility index (Phi) is 3.64. The minimum atomic E-state index is -4.79. The third-order valence-corrected chi connectivity index (χ3v) is 5.01. The minimum absolute atomic E-state index is 0.101. The van der Waals surface area contributed by atoms with Gasteiger partial charge in [0.1, 0.15) is 11.9 Å². The van der Waals surface area contributed by atoms with Gasteiger partial charge in [0.15, 0.2) is 0 Å². The van der Waals surface area contributed by atoms with Crippen molar-refractivity contribution in [3.63, 3.8) is 0 Å². The summed E-state index contributed by atoms with van der Waals surface area (Å²) in [5, 5.41) is 12.3. The molecular weight excluding hydrogens is 321 g/mol. The summed E-state index contributed by atoms with van der Waals surface area (Å²) >= 11 is 2.88. The Balaban J connectivity index is 1.97. The fourth-order valence-electron chi connectivity index (χ4n) is 2.00. The quantitative estimate of drug-likeness (QED) is 0.737. The second-order valence-electron chi connectivity index (χ2n) is 4.29. The first-order chi connectivity index (χ1) is 9.94. The van der Waals surface area contributed by atoms with Gasteiger partial charge < -0.3 is 9.84 Å². The molecule has 0 aliphatic rings. The van der Waals surface area contributed by atoms with Gasteiger partial charge in [0, 0.05) is 19.8 Å². The molecule has 0 aliphatic carbocycles. The highest BCUT2D eigenvalue weighted by Gasteiger charge is 2.33. The molecule has 7 heteroatoms. The van der Waals surface area contributed by atoms with Crippen molar-refractivity contribution < 1.29 is 23.0 Å². The number of thiophene rings is 2. The van der Waals surface area contributed by atoms with Crippen LogP contribution in [0.2, 0.25) is 0 Å². The summed E-state index contributed by atoms with van der Waals surface area (Å²) in [7, 11) is 0. The van der Waals surface area contributed by atoms with Crippen LogP contribution in [-0.2, 0) is 0 Å². The molecule has 0 amide bonds. The molecule has 3 aromatic rings. The highest BCUT2D eigenvalue weighted by Crippen LogP contribution is 2.39. The van der Waals surface area contributed by atoms with Crippen LogP contribution in [0, 0.1) is 0 Å². The lowest BCUT2D eigenvalue weighted by Crippen LogP contribution is -2.18. The van der Waals surface area contributed by atoms with Gasteiger partial charge in [-0.3, -0.25) is 0 Å². The maximum absolute atomic E-state index is 12.4. The van der Waals surface area contributed by atoms with E-state index >= 15 is 0 Å². The molecule has 2 heterocycles. The number of aliphatic hydroxyl groups excluding tert-OH is 1. The number of hydrogen-bond acceptors (Lipinski definition) is 4. The van der Waals surface area contributed by atoms with Crippen LogP contribution in [0.15, 0.2) is 41.8 Å². The Morgan fingerprint density at radius 2 is 1.86 bits per heavy atom. The van der Waals surface area contributed by atoms with Gasteiger partial charge >= 0.3 is 6.36 Å². The fourth-order valence-corrected chi connectivity index (χ4v) is 4.12. The van der Waals surface area contributed by atoms with Crippen molar-refractivity contribution in [2.45, 2.75) is 12.5 Å². The number of para-hydroxylation sites is 1. The standard InChI is InChI=1S/C14H9F3O2S2/c15-14(16,17)19-9-4-2-1-3-8(9)13(18)12-7-11-10(21-12)5-6-20-11/h1-7,13,18H. The van der Waals surface area contributed by atoms with E-state index in [1.165, 1.54) is 40.9 Å². The molecule has 0 spiro atoms. The van der Waals surface area contributed by atoms with Crippen LogP contribution in [0.5, 0.6) is 5.75 Å². The van der Waals surface area contributed by atoms with Crippen LogP contribution in [0.1, 0.15) is 16.5 Å². The van der Waals surface area contributed by atoms with E-state index in [0.29, 0.717) is 4.88 Å². The molecule has 0 bridgehead atoms. The number of fused-ring (bicyclic) bond motifs is 1. The molecule has 110 valence electrons. The van der Waals surface area contributed by atoms with Gasteiger partial charge in [-0.2, -0.15) is 0 Å². The molecule has 0 fully saturated rings. The summed E-state index contributed by atoms with van der Waals surface area (Å²) in [6.45, 7) is 0. The maximum Gasteiger partial charge on any atom is 0.573 e. The van der Waals surface area contributed by atoms with Crippen LogP contribution >= 0.6 is 22.7 Å². The summed E-state index contributed by atoms with van der Waals surface area (Å²) in [6.07, 6.45) is -5.93. The smallest absolute Gasteiger partial charge is 0.405 e. The first-order valence-corrected chi connectivity index (χ1v) is 7.63. The zero-order valence-corrected chi connectivity index (χ0v) is 12.1. The summed E-state index contributed by atoms with van der Waals surface area (Å²) < 4.78 is 43.2. The van der Waals surface area contributed by atoms with Crippen LogP contribution in [-0.4, -0.2) is 11.5 Å². The molecule has 1 atom stereocenters. The molecular formula is C14H9F3O2S2. The average molecular weight is 330 g/mol. The van der Waals surface area contributed by atoms with E-state index in [1.807, 2.05) is 11.4 Å². The highest BCUT2D eigenvalue weighted by atomic mass is 32.1. The third-order valence-electron chi connectivity index (χ3n) is 2.87. The maximum atomic E-state index is 12.4. The summed E-state index contributed by atoms with van der Waals surface area (Å²) in [6, 6.07) is 9.34. The predicted octanol–water partition coefficient (Wildman–Crippen LogP) is 4.94. The number of aliphatic hydroxyl groups is 1. The molecule has 1 unspecified atom stereocenters. The van der Waals surface area contributed by atoms with E-state index in [4.69, 9.17) is 0 Å². The highest BCUT2D eigenvalue weighted by molar-refractivity contribution is 7.26. The first-order valence-electron chi connectivity index (χ1n) is 5.94. The van der Waals surface area contributed by atoms with E-state index < -0.39 is 12.5 Å². The van der Waals surface area contributed by atoms with Crippen LogP contribution in [0.25, 0.3) is 9.40 Å². The van der Waals surface area contributed by atoms with E-state index in [2.05, 4.69) is 4.74 Å². The van der Waals surface area contributed by atoms with Crippen molar-refractivity contribution >= 4 is 32.1 Å². The molecule has 0 aliphatic heterocycles. The molecule has 0 saturated carbocycles. The molecule has 1 aromatic carbocycles. The van der Waals surface area contributed by atoms with Crippen molar-refractivity contribution in [2.24, 2.45) is 0 Å². The van der Waals surface area contributed by atoms with Crippen molar-refractivity contribution in [3.8, 4) is 5.75 Å². The van der Waals surface area contributed by atoms with Gasteiger partial charge in [0.05, 0.1) is 0 Å². The number of ether oxygens (including phenoxy) is 1. The molecule has 21 heavy (non-hydrogen) atoms. The summed E-state index contributed by atoms with van der Waals surface area (Å²) in [4.78, 5) is 0.593. The summed E-state index contributed by atoms with van der Waals surface area (Å²) in [5.41, 5.74) is 0.101. The van der Waals surface area contributed by atoms with Crippen molar-refractivity contribution in [2.75, 3.05) is 0 Å². The monoisotopic (exact) mass is 330 g/mol. The Bertz CT molecular complexity index is 732. The first kappa shape index (κ1) is 14.4. The molecule has 2 nitrogen and oxygen atoms in total. The van der Waals surface area contributed by atoms with E-state index in [9.17, 15) is 18.3 Å². The van der Waals surface area contributed by atoms with Crippen LogP contribution in [0.4, 0.5) is 13.2 Å². The Morgan fingerprint density at radius 3 is 2.57 bits per heavy atom. The number of alkyl halides is 3. The lowest BCUT2D eigenvalue weighted by molar-refractivity contribution is -0.275. The third kappa shape index (κ3) is 3.04. The SMILES string of the molecule is OC(c1cc2sccc2s1)c1ccccc1OC(F)(F)F. The summed E-state index contributed by atoms with van der Waals surface area (Å²) in [5.74, 6) is -0.380. The Hall–Kier alpha value is -1.57. The Morgan fingerprint density at radius 1 is 1.10 bits per heavy atom. The Labute approximate surface area is 126 Å². The van der Waals surface area contributed by atoms with Crippen molar-refractivity contribution in [1.82, 2.24) is 0 Å². The number of hydrogen-bond donors (Lipinski definition) is 1. The average Bonchev–Trinajstić information content (AvgIpc) is 2.97. The number of halogens is 3. The van der Waals surface area contributed by atoms with Crippen molar-refractivity contribution in [1.29, 1.82) is 0 Å². The molecule has 0 saturated heterocycles. The van der Waals surface area contributed by atoms with Gasteiger partial charge in [-0.25, -0.2) is 0 Å². The van der Waals surface area contributed by atoms with Crippen molar-refractivity contribution in [3.05, 3.63) is 52.2 Å². The van der Waals surface area contributed by atoms with Gasteiger partial charge in [-0.15, -0.1) is 35.8 Å². The largest absolute Gasteiger partial charge is 0.573 e. The lowest BCUT2D eigenvalue weighted by Gasteiger charge is -2.16. The zero-order valence-electron chi connectivity index (χ0n) is 10.4. The zero-order chi connectivity index (χ0) is 15.0. The van der Waals surface area contributed by atoms with Gasteiger partial charge in [0.2, 0.25) is 0 Å². The number of benzene rings is 1. The van der Waals surface area contributed by atoms with E-state index in [1.54, 1.807) is 12.1 Å². The van der Waals surface area contributed by atoms with Crippen LogP contribution in [0.3, 0.4) is 0 Å². The van der Waals surface area contributed by atoms with Crippen LogP contribution < -0.4 is 4.74 Å². The fraction of sp³-hybridized carbons (Fsp3) is 0.143. The predicted molar refractivity (Wildman–Crippen MR) is 76.9 cm³/mol. The molecule has 3 rings (SSSR count). The lowest BCUT2D eigenvalue weighted by atomic mass is 10.1. The topological polar surface area (TPSA) is 29.5 Å². The second kappa shape index (κ2) is 5.32. The molecule has 2 aromatic heterocycles. The minimum Gasteiger partial charge on any atom is -0.405 e. The van der Waals surface area contributed by atoms with Gasteiger partial charge in [-0.1, -0.05) is 18.2 Å².